The number of hydrogen-bond donors (Lipinski definition) is 1. The average molecular weight is 579 g/mol. The van der Waals surface area contributed by atoms with Crippen LogP contribution in [0.5, 0.6) is 0 Å². The summed E-state index contributed by atoms with van der Waals surface area (Å²) >= 11 is 3.46. The number of rotatable bonds is 9. The van der Waals surface area contributed by atoms with Crippen LogP contribution in [0.15, 0.2) is 46.9 Å². The maximum absolute atomic E-state index is 13.7. The first-order valence-electron chi connectivity index (χ1n) is 12.3. The van der Waals surface area contributed by atoms with Crippen molar-refractivity contribution in [2.75, 3.05) is 17.1 Å². The zero-order valence-electron chi connectivity index (χ0n) is 21.5. The van der Waals surface area contributed by atoms with E-state index < -0.39 is 28.5 Å². The number of amides is 2. The third-order valence-corrected chi connectivity index (χ3v) is 8.17. The van der Waals surface area contributed by atoms with Crippen molar-refractivity contribution in [3.63, 3.8) is 0 Å². The molecule has 2 aromatic carbocycles. The number of nitrogens with one attached hydrogen (secondary N) is 1. The van der Waals surface area contributed by atoms with Crippen molar-refractivity contribution in [3.8, 4) is 0 Å². The Bertz CT molecular complexity index is 1180. The Morgan fingerprint density at radius 3 is 2.28 bits per heavy atom. The van der Waals surface area contributed by atoms with Gasteiger partial charge < -0.3 is 10.2 Å². The normalized spacial score (nSPS) is 15.2. The minimum absolute atomic E-state index is 0.110. The fourth-order valence-electron chi connectivity index (χ4n) is 4.69. The SMILES string of the molecule is Cc1cc(C)cc(N(CC(=O)N(Cc2cccc(Br)c2)[C@H](C)C(=O)NC2CCCCC2)S(C)(=O)=O)c1. The van der Waals surface area contributed by atoms with Gasteiger partial charge >= 0.3 is 0 Å². The predicted molar refractivity (Wildman–Crippen MR) is 147 cm³/mol. The van der Waals surface area contributed by atoms with Gasteiger partial charge in [0, 0.05) is 17.1 Å². The van der Waals surface area contributed by atoms with Gasteiger partial charge in [-0.3, -0.25) is 13.9 Å². The Morgan fingerprint density at radius 1 is 1.06 bits per heavy atom. The van der Waals surface area contributed by atoms with Gasteiger partial charge in [0.1, 0.15) is 12.6 Å². The molecular formula is C27H36BrN3O4S. The van der Waals surface area contributed by atoms with Gasteiger partial charge in [0.2, 0.25) is 21.8 Å². The molecule has 0 aromatic heterocycles. The molecule has 3 rings (SSSR count). The fourth-order valence-corrected chi connectivity index (χ4v) is 5.97. The van der Waals surface area contributed by atoms with Crippen LogP contribution in [0.25, 0.3) is 0 Å². The first kappa shape index (κ1) is 28.2. The van der Waals surface area contributed by atoms with Gasteiger partial charge in [-0.25, -0.2) is 8.42 Å². The van der Waals surface area contributed by atoms with E-state index in [4.69, 9.17) is 0 Å². The van der Waals surface area contributed by atoms with Crippen molar-refractivity contribution in [1.29, 1.82) is 0 Å². The van der Waals surface area contributed by atoms with Gasteiger partial charge in [0.05, 0.1) is 11.9 Å². The van der Waals surface area contributed by atoms with Crippen molar-refractivity contribution in [2.45, 2.75) is 71.5 Å². The van der Waals surface area contributed by atoms with E-state index in [1.165, 1.54) is 11.3 Å². The molecule has 0 radical (unpaired) electrons. The summed E-state index contributed by atoms with van der Waals surface area (Å²) in [5.74, 6) is -0.659. The largest absolute Gasteiger partial charge is 0.352 e. The molecule has 1 N–H and O–H groups in total. The van der Waals surface area contributed by atoms with Gasteiger partial charge in [-0.2, -0.15) is 0 Å². The molecular weight excluding hydrogens is 542 g/mol. The lowest BCUT2D eigenvalue weighted by Crippen LogP contribution is -2.53. The van der Waals surface area contributed by atoms with Crippen LogP contribution in [-0.2, 0) is 26.2 Å². The molecule has 196 valence electrons. The summed E-state index contributed by atoms with van der Waals surface area (Å²) in [6.45, 7) is 5.26. The Labute approximate surface area is 223 Å². The van der Waals surface area contributed by atoms with E-state index in [0.717, 1.165) is 57.4 Å². The molecule has 1 saturated carbocycles. The van der Waals surface area contributed by atoms with E-state index in [2.05, 4.69) is 21.2 Å². The number of benzene rings is 2. The Balaban J connectivity index is 1.89. The van der Waals surface area contributed by atoms with Crippen LogP contribution in [0.2, 0.25) is 0 Å². The minimum Gasteiger partial charge on any atom is -0.352 e. The van der Waals surface area contributed by atoms with Crippen molar-refractivity contribution < 1.29 is 18.0 Å². The van der Waals surface area contributed by atoms with Gasteiger partial charge in [-0.15, -0.1) is 0 Å². The van der Waals surface area contributed by atoms with Crippen LogP contribution in [0, 0.1) is 13.8 Å². The Morgan fingerprint density at radius 2 is 1.69 bits per heavy atom. The molecule has 0 heterocycles. The highest BCUT2D eigenvalue weighted by Gasteiger charge is 2.31. The molecule has 0 aliphatic heterocycles. The molecule has 36 heavy (non-hydrogen) atoms. The molecule has 0 spiro atoms. The molecule has 0 bridgehead atoms. The molecule has 7 nitrogen and oxygen atoms in total. The second-order valence-corrected chi connectivity index (χ2v) is 12.6. The zero-order chi connectivity index (χ0) is 26.5. The van der Waals surface area contributed by atoms with Crippen molar-refractivity contribution in [2.24, 2.45) is 0 Å². The Kier molecular flexibility index (Phi) is 9.58. The lowest BCUT2D eigenvalue weighted by Gasteiger charge is -2.33. The average Bonchev–Trinajstić information content (AvgIpc) is 2.79. The fraction of sp³-hybridized carbons (Fsp3) is 0.481. The number of nitrogens with zero attached hydrogens (tertiary/aromatic N) is 2. The van der Waals surface area contributed by atoms with Crippen LogP contribution < -0.4 is 9.62 Å². The number of carbonyl (C=O) groups is 2. The van der Waals surface area contributed by atoms with Crippen LogP contribution in [0.1, 0.15) is 55.7 Å². The molecule has 1 aliphatic carbocycles. The van der Waals surface area contributed by atoms with Crippen LogP contribution in [-0.4, -0.2) is 50.0 Å². The molecule has 1 aliphatic rings. The van der Waals surface area contributed by atoms with Crippen LogP contribution in [0.3, 0.4) is 0 Å². The summed E-state index contributed by atoms with van der Waals surface area (Å²) in [4.78, 5) is 28.4. The molecule has 1 fully saturated rings. The first-order valence-corrected chi connectivity index (χ1v) is 15.0. The smallest absolute Gasteiger partial charge is 0.244 e. The third-order valence-electron chi connectivity index (χ3n) is 6.53. The summed E-state index contributed by atoms with van der Waals surface area (Å²) in [5.41, 5.74) is 3.08. The van der Waals surface area contributed by atoms with Crippen LogP contribution >= 0.6 is 15.9 Å². The molecule has 1 atom stereocenters. The lowest BCUT2D eigenvalue weighted by atomic mass is 9.95. The van der Waals surface area contributed by atoms with Gasteiger partial charge in [0.25, 0.3) is 0 Å². The molecule has 9 heteroatoms. The summed E-state index contributed by atoms with van der Waals surface area (Å²) < 4.78 is 27.5. The second kappa shape index (κ2) is 12.2. The minimum atomic E-state index is -3.75. The van der Waals surface area contributed by atoms with E-state index in [-0.39, 0.29) is 18.5 Å². The molecule has 2 amide bonds. The quantitative estimate of drug-likeness (QED) is 0.468. The monoisotopic (exact) mass is 577 g/mol. The van der Waals surface area contributed by atoms with Gasteiger partial charge in [0.15, 0.2) is 0 Å². The van der Waals surface area contributed by atoms with E-state index in [1.807, 2.05) is 44.2 Å². The summed E-state index contributed by atoms with van der Waals surface area (Å²) in [6.07, 6.45) is 6.31. The summed E-state index contributed by atoms with van der Waals surface area (Å²) in [5, 5.41) is 3.11. The summed E-state index contributed by atoms with van der Waals surface area (Å²) in [7, 11) is -3.75. The van der Waals surface area contributed by atoms with E-state index in [1.54, 1.807) is 19.1 Å². The number of aryl methyl sites for hydroxylation is 2. The zero-order valence-corrected chi connectivity index (χ0v) is 23.9. The highest BCUT2D eigenvalue weighted by molar-refractivity contribution is 9.10. The maximum atomic E-state index is 13.7. The highest BCUT2D eigenvalue weighted by Crippen LogP contribution is 2.23. The van der Waals surface area contributed by atoms with Gasteiger partial charge in [-0.05, 0) is 74.6 Å². The standard InChI is InChI=1S/C27H36BrN3O4S/c1-19-13-20(2)15-25(14-19)31(36(4,34)35)18-26(32)30(17-22-9-8-10-23(28)16-22)21(3)27(33)29-24-11-6-5-7-12-24/h8-10,13-16,21,24H,5-7,11-12,17-18H2,1-4H3,(H,29,33)/t21-/m1/s1. The first-order chi connectivity index (χ1) is 16.9. The van der Waals surface area contributed by atoms with Crippen LogP contribution in [0.4, 0.5) is 5.69 Å². The van der Waals surface area contributed by atoms with E-state index in [0.29, 0.717) is 5.69 Å². The molecule has 2 aromatic rings. The van der Waals surface area contributed by atoms with E-state index >= 15 is 0 Å². The highest BCUT2D eigenvalue weighted by atomic mass is 79.9. The lowest BCUT2D eigenvalue weighted by molar-refractivity contribution is -0.139. The van der Waals surface area contributed by atoms with Crippen molar-refractivity contribution in [3.05, 3.63) is 63.6 Å². The predicted octanol–water partition coefficient (Wildman–Crippen LogP) is 4.70. The topological polar surface area (TPSA) is 86.8 Å². The number of halogens is 1. The molecule has 0 saturated heterocycles. The third kappa shape index (κ3) is 7.80. The Hall–Kier alpha value is -2.39. The van der Waals surface area contributed by atoms with E-state index in [9.17, 15) is 18.0 Å². The van der Waals surface area contributed by atoms with Crippen molar-refractivity contribution in [1.82, 2.24) is 10.2 Å². The van der Waals surface area contributed by atoms with Crippen molar-refractivity contribution >= 4 is 43.5 Å². The number of carbonyl (C=O) groups excluding carboxylic acids is 2. The second-order valence-electron chi connectivity index (χ2n) is 9.79. The maximum Gasteiger partial charge on any atom is 0.244 e. The summed E-state index contributed by atoms with van der Waals surface area (Å²) in [6, 6.07) is 12.3. The number of anilines is 1. The van der Waals surface area contributed by atoms with Gasteiger partial charge in [-0.1, -0.05) is 53.4 Å². The molecule has 0 unspecified atom stereocenters. The number of hydrogen-bond acceptors (Lipinski definition) is 4. The number of sulfonamides is 1.